The molecule has 0 saturated heterocycles. The monoisotopic (exact) mass is 512 g/mol. The van der Waals surface area contributed by atoms with E-state index in [1.165, 1.54) is 21.1 Å². The van der Waals surface area contributed by atoms with Gasteiger partial charge in [-0.2, -0.15) is 0 Å². The Morgan fingerprint density at radius 1 is 1.03 bits per heavy atom. The molecule has 0 fully saturated rings. The number of aliphatic hydroxyl groups excluding tert-OH is 1. The van der Waals surface area contributed by atoms with Crippen LogP contribution in [0.2, 0.25) is 0 Å². The molecule has 0 bridgehead atoms. The Bertz CT molecular complexity index is 1440. The first-order valence-electron chi connectivity index (χ1n) is 11.2. The predicted molar refractivity (Wildman–Crippen MR) is 133 cm³/mol. The predicted octanol–water partition coefficient (Wildman–Crippen LogP) is 3.59. The first kappa shape index (κ1) is 25.4. The van der Waals surface area contributed by atoms with Crippen molar-refractivity contribution in [2.24, 2.45) is 0 Å². The van der Waals surface area contributed by atoms with Gasteiger partial charge in [-0.1, -0.05) is 12.1 Å². The Kier molecular flexibility index (Phi) is 7.14. The van der Waals surface area contributed by atoms with Crippen LogP contribution in [0.1, 0.15) is 35.9 Å². The molecule has 3 aromatic heterocycles. The van der Waals surface area contributed by atoms with Crippen LogP contribution in [-0.4, -0.2) is 52.7 Å². The third-order valence-electron chi connectivity index (χ3n) is 5.89. The van der Waals surface area contributed by atoms with Crippen LogP contribution in [0.5, 0.6) is 11.5 Å². The summed E-state index contributed by atoms with van der Waals surface area (Å²) in [6.45, 7) is 5.10. The van der Waals surface area contributed by atoms with Crippen LogP contribution >= 0.6 is 0 Å². The second-order valence-electron chi connectivity index (χ2n) is 8.41. The number of hydrogen-bond acceptors (Lipinski definition) is 9. The van der Waals surface area contributed by atoms with Gasteiger partial charge in [0, 0.05) is 6.20 Å². The third kappa shape index (κ3) is 4.84. The van der Waals surface area contributed by atoms with Crippen molar-refractivity contribution in [1.29, 1.82) is 0 Å². The van der Waals surface area contributed by atoms with Crippen molar-refractivity contribution in [3.63, 3.8) is 0 Å². The third-order valence-corrected chi connectivity index (χ3v) is 7.95. The van der Waals surface area contributed by atoms with E-state index in [1.54, 1.807) is 60.2 Å². The van der Waals surface area contributed by atoms with Crippen molar-refractivity contribution in [2.75, 3.05) is 14.2 Å². The molecule has 4 rings (SSSR count). The summed E-state index contributed by atoms with van der Waals surface area (Å²) >= 11 is 0. The molecule has 0 radical (unpaired) electrons. The molecule has 2 atom stereocenters. The van der Waals surface area contributed by atoms with Crippen molar-refractivity contribution in [3.8, 4) is 28.8 Å². The minimum absolute atomic E-state index is 0.109. The Hall–Kier alpha value is -3.70. The maximum atomic E-state index is 13.5. The number of aromatic nitrogens is 4. The van der Waals surface area contributed by atoms with E-state index in [0.29, 0.717) is 28.7 Å². The van der Waals surface area contributed by atoms with E-state index in [-0.39, 0.29) is 17.3 Å². The van der Waals surface area contributed by atoms with Gasteiger partial charge in [0.05, 0.1) is 25.2 Å². The fraction of sp³-hybridized carbons (Fsp3) is 0.320. The number of pyridine rings is 1. The Morgan fingerprint density at radius 2 is 1.72 bits per heavy atom. The highest BCUT2D eigenvalue weighted by Crippen LogP contribution is 2.37. The molecule has 4 aromatic rings. The molecule has 3 heterocycles. The largest absolute Gasteiger partial charge is 0.494 e. The van der Waals surface area contributed by atoms with Gasteiger partial charge in [0.15, 0.2) is 21.4 Å². The molecule has 10 nitrogen and oxygen atoms in total. The van der Waals surface area contributed by atoms with Gasteiger partial charge in [0.25, 0.3) is 0 Å². The standard InChI is InChI=1S/C25H28N4O6S/c1-15-9-11-18(26-13-15)24(30)17(3)36(31,32)14-22-27-28-25(21-12-10-16(2)35-21)29(22)23-19(33-4)7-6-8-20(23)34-5/h6-13,17,24,30H,14H2,1-5H3/t17-,24+/m1/s1. The summed E-state index contributed by atoms with van der Waals surface area (Å²) in [5.74, 6) is 1.78. The summed E-state index contributed by atoms with van der Waals surface area (Å²) in [5.41, 5.74) is 1.60. The van der Waals surface area contributed by atoms with Gasteiger partial charge in [0.2, 0.25) is 5.82 Å². The number of sulfone groups is 1. The lowest BCUT2D eigenvalue weighted by atomic mass is 10.1. The van der Waals surface area contributed by atoms with Crippen LogP contribution < -0.4 is 9.47 Å². The van der Waals surface area contributed by atoms with E-state index < -0.39 is 26.9 Å². The molecule has 0 amide bonds. The van der Waals surface area contributed by atoms with Crippen LogP contribution in [0.15, 0.2) is 53.1 Å². The molecule has 0 unspecified atom stereocenters. The number of benzene rings is 1. The van der Waals surface area contributed by atoms with Crippen molar-refractivity contribution in [1.82, 2.24) is 19.7 Å². The number of rotatable bonds is 9. The molecule has 11 heteroatoms. The lowest BCUT2D eigenvalue weighted by Gasteiger charge is -2.20. The molecule has 0 spiro atoms. The summed E-state index contributed by atoms with van der Waals surface area (Å²) in [6, 6.07) is 12.1. The van der Waals surface area contributed by atoms with Crippen LogP contribution in [0.3, 0.4) is 0 Å². The summed E-state index contributed by atoms with van der Waals surface area (Å²) in [7, 11) is -0.924. The smallest absolute Gasteiger partial charge is 0.204 e. The van der Waals surface area contributed by atoms with Crippen LogP contribution in [0, 0.1) is 13.8 Å². The maximum Gasteiger partial charge on any atom is 0.204 e. The van der Waals surface area contributed by atoms with Crippen molar-refractivity contribution >= 4 is 9.84 Å². The van der Waals surface area contributed by atoms with E-state index in [4.69, 9.17) is 13.9 Å². The molecular weight excluding hydrogens is 484 g/mol. The number of para-hydroxylation sites is 1. The minimum Gasteiger partial charge on any atom is -0.494 e. The molecule has 36 heavy (non-hydrogen) atoms. The fourth-order valence-corrected chi connectivity index (χ4v) is 5.16. The summed E-state index contributed by atoms with van der Waals surface area (Å²) in [5, 5.41) is 18.1. The van der Waals surface area contributed by atoms with E-state index >= 15 is 0 Å². The molecule has 1 aromatic carbocycles. The van der Waals surface area contributed by atoms with Gasteiger partial charge < -0.3 is 19.0 Å². The summed E-state index contributed by atoms with van der Waals surface area (Å²) in [4.78, 5) is 4.18. The maximum absolute atomic E-state index is 13.5. The summed E-state index contributed by atoms with van der Waals surface area (Å²) in [6.07, 6.45) is 0.264. The number of methoxy groups -OCH3 is 2. The highest BCUT2D eigenvalue weighted by Gasteiger charge is 2.33. The lowest BCUT2D eigenvalue weighted by molar-refractivity contribution is 0.171. The van der Waals surface area contributed by atoms with Crippen molar-refractivity contribution < 1.29 is 27.4 Å². The molecule has 0 aliphatic carbocycles. The van der Waals surface area contributed by atoms with Crippen molar-refractivity contribution in [2.45, 2.75) is 37.9 Å². The molecule has 0 aliphatic rings. The number of hydrogen-bond donors (Lipinski definition) is 1. The van der Waals surface area contributed by atoms with Gasteiger partial charge in [-0.3, -0.25) is 9.55 Å². The van der Waals surface area contributed by atoms with Gasteiger partial charge >= 0.3 is 0 Å². The van der Waals surface area contributed by atoms with E-state index in [9.17, 15) is 13.5 Å². The molecule has 1 N–H and O–H groups in total. The van der Waals surface area contributed by atoms with Crippen LogP contribution in [0.25, 0.3) is 17.3 Å². The van der Waals surface area contributed by atoms with E-state index in [0.717, 1.165) is 5.56 Å². The lowest BCUT2D eigenvalue weighted by Crippen LogP contribution is -2.28. The molecular formula is C25H28N4O6S. The van der Waals surface area contributed by atoms with Gasteiger partial charge in [0.1, 0.15) is 34.8 Å². The second kappa shape index (κ2) is 10.1. The quantitative estimate of drug-likeness (QED) is 0.357. The molecule has 190 valence electrons. The number of ether oxygens (including phenoxy) is 2. The average molecular weight is 513 g/mol. The minimum atomic E-state index is -3.93. The molecule has 0 saturated carbocycles. The van der Waals surface area contributed by atoms with Crippen LogP contribution in [-0.2, 0) is 15.6 Å². The first-order valence-corrected chi connectivity index (χ1v) is 12.9. The zero-order valence-electron chi connectivity index (χ0n) is 20.7. The Labute approximate surface area is 209 Å². The number of aliphatic hydroxyl groups is 1. The summed E-state index contributed by atoms with van der Waals surface area (Å²) < 4.78 is 45.4. The number of furan rings is 1. The molecule has 0 aliphatic heterocycles. The van der Waals surface area contributed by atoms with Crippen molar-refractivity contribution in [3.05, 3.63) is 71.5 Å². The normalized spacial score (nSPS) is 13.4. The topological polar surface area (TPSA) is 130 Å². The first-order chi connectivity index (χ1) is 17.2. The Balaban J connectivity index is 1.81. The number of nitrogens with zero attached hydrogens (tertiary/aromatic N) is 4. The Morgan fingerprint density at radius 3 is 2.28 bits per heavy atom. The zero-order valence-corrected chi connectivity index (χ0v) is 21.5. The highest BCUT2D eigenvalue weighted by molar-refractivity contribution is 7.91. The second-order valence-corrected chi connectivity index (χ2v) is 10.8. The van der Waals surface area contributed by atoms with Gasteiger partial charge in [-0.25, -0.2) is 8.42 Å². The van der Waals surface area contributed by atoms with Gasteiger partial charge in [-0.05, 0) is 56.7 Å². The highest BCUT2D eigenvalue weighted by atomic mass is 32.2. The fourth-order valence-electron chi connectivity index (χ4n) is 3.81. The van der Waals surface area contributed by atoms with Crippen LogP contribution in [0.4, 0.5) is 0 Å². The number of aryl methyl sites for hydroxylation is 2. The zero-order chi connectivity index (χ0) is 26.0. The SMILES string of the molecule is COc1cccc(OC)c1-n1c(CS(=O)(=O)[C@H](C)[C@H](O)c2ccc(C)cn2)nnc1-c1ccc(C)o1. The van der Waals surface area contributed by atoms with E-state index in [1.807, 2.05) is 6.92 Å². The average Bonchev–Trinajstić information content (AvgIpc) is 3.48. The van der Waals surface area contributed by atoms with Gasteiger partial charge in [-0.15, -0.1) is 10.2 Å². The van der Waals surface area contributed by atoms with E-state index in [2.05, 4.69) is 15.2 Å².